The lowest BCUT2D eigenvalue weighted by molar-refractivity contribution is 0.139. The SMILES string of the molecule is COc1ccc(C)cc1C(O)CNC1(C)CCOC1. The average Bonchev–Trinajstić information content (AvgIpc) is 2.83. The molecule has 106 valence electrons. The molecule has 1 aromatic rings. The van der Waals surface area contributed by atoms with Crippen LogP contribution in [-0.2, 0) is 4.74 Å². The molecule has 0 aromatic heterocycles. The van der Waals surface area contributed by atoms with Crippen LogP contribution in [0.25, 0.3) is 0 Å². The molecule has 1 heterocycles. The summed E-state index contributed by atoms with van der Waals surface area (Å²) in [5, 5.41) is 13.7. The fourth-order valence-electron chi connectivity index (χ4n) is 2.37. The van der Waals surface area contributed by atoms with E-state index in [-0.39, 0.29) is 5.54 Å². The Hall–Kier alpha value is -1.10. The first-order valence-electron chi connectivity index (χ1n) is 6.69. The quantitative estimate of drug-likeness (QED) is 0.852. The smallest absolute Gasteiger partial charge is 0.124 e. The molecule has 1 aliphatic rings. The van der Waals surface area contributed by atoms with E-state index in [0.29, 0.717) is 13.2 Å². The van der Waals surface area contributed by atoms with Crippen LogP contribution in [0.1, 0.15) is 30.6 Å². The van der Waals surface area contributed by atoms with Crippen LogP contribution in [0, 0.1) is 6.92 Å². The van der Waals surface area contributed by atoms with Crippen molar-refractivity contribution in [1.82, 2.24) is 5.32 Å². The molecule has 19 heavy (non-hydrogen) atoms. The summed E-state index contributed by atoms with van der Waals surface area (Å²) in [6.07, 6.45) is 0.400. The van der Waals surface area contributed by atoms with Gasteiger partial charge in [-0.15, -0.1) is 0 Å². The molecule has 1 fully saturated rings. The number of β-amino-alcohol motifs (C(OH)–C–C–N with tert-alkyl or cyclic N) is 1. The molecule has 2 N–H and O–H groups in total. The van der Waals surface area contributed by atoms with Crippen molar-refractivity contribution in [1.29, 1.82) is 0 Å². The molecule has 0 amide bonds. The summed E-state index contributed by atoms with van der Waals surface area (Å²) in [6, 6.07) is 5.85. The van der Waals surface area contributed by atoms with Gasteiger partial charge in [0.2, 0.25) is 0 Å². The highest BCUT2D eigenvalue weighted by Crippen LogP contribution is 2.27. The minimum Gasteiger partial charge on any atom is -0.496 e. The van der Waals surface area contributed by atoms with E-state index < -0.39 is 6.10 Å². The highest BCUT2D eigenvalue weighted by Gasteiger charge is 2.29. The summed E-state index contributed by atoms with van der Waals surface area (Å²) in [5.74, 6) is 0.729. The summed E-state index contributed by atoms with van der Waals surface area (Å²) in [5.41, 5.74) is 1.92. The number of aryl methyl sites for hydroxylation is 1. The van der Waals surface area contributed by atoms with Crippen molar-refractivity contribution in [2.45, 2.75) is 31.9 Å². The molecule has 1 saturated heterocycles. The van der Waals surface area contributed by atoms with Gasteiger partial charge in [-0.2, -0.15) is 0 Å². The number of hydrogen-bond acceptors (Lipinski definition) is 4. The zero-order chi connectivity index (χ0) is 13.9. The van der Waals surface area contributed by atoms with Gasteiger partial charge in [0, 0.05) is 24.3 Å². The van der Waals surface area contributed by atoms with E-state index in [9.17, 15) is 5.11 Å². The molecule has 1 aliphatic heterocycles. The number of benzene rings is 1. The Morgan fingerprint density at radius 2 is 2.32 bits per heavy atom. The Labute approximate surface area is 114 Å². The first-order valence-corrected chi connectivity index (χ1v) is 6.69. The summed E-state index contributed by atoms with van der Waals surface area (Å²) >= 11 is 0. The van der Waals surface area contributed by atoms with Crippen LogP contribution in [0.4, 0.5) is 0 Å². The first kappa shape index (κ1) is 14.3. The number of rotatable bonds is 5. The highest BCUT2D eigenvalue weighted by molar-refractivity contribution is 5.38. The number of aliphatic hydroxyl groups is 1. The molecule has 0 bridgehead atoms. The fraction of sp³-hybridized carbons (Fsp3) is 0.600. The normalized spacial score (nSPS) is 24.4. The molecule has 0 radical (unpaired) electrons. The van der Waals surface area contributed by atoms with Crippen molar-refractivity contribution < 1.29 is 14.6 Å². The number of hydrogen-bond donors (Lipinski definition) is 2. The molecule has 1 aromatic carbocycles. The second kappa shape index (κ2) is 5.90. The van der Waals surface area contributed by atoms with Crippen molar-refractivity contribution in [2.75, 3.05) is 26.9 Å². The van der Waals surface area contributed by atoms with Gasteiger partial charge in [-0.1, -0.05) is 11.6 Å². The maximum atomic E-state index is 10.3. The zero-order valence-electron chi connectivity index (χ0n) is 11.9. The fourth-order valence-corrected chi connectivity index (χ4v) is 2.37. The van der Waals surface area contributed by atoms with Crippen molar-refractivity contribution >= 4 is 0 Å². The van der Waals surface area contributed by atoms with Gasteiger partial charge in [0.05, 0.1) is 19.8 Å². The first-order chi connectivity index (χ1) is 9.04. The van der Waals surface area contributed by atoms with Crippen molar-refractivity contribution in [3.8, 4) is 5.75 Å². The minimum atomic E-state index is -0.577. The number of aliphatic hydroxyl groups excluding tert-OH is 1. The van der Waals surface area contributed by atoms with Gasteiger partial charge in [0.25, 0.3) is 0 Å². The average molecular weight is 265 g/mol. The second-order valence-corrected chi connectivity index (χ2v) is 5.51. The number of nitrogens with one attached hydrogen (secondary N) is 1. The third-order valence-corrected chi connectivity index (χ3v) is 3.69. The third kappa shape index (κ3) is 3.47. The van der Waals surface area contributed by atoms with E-state index in [1.807, 2.05) is 25.1 Å². The number of methoxy groups -OCH3 is 1. The maximum absolute atomic E-state index is 10.3. The van der Waals surface area contributed by atoms with Gasteiger partial charge in [-0.25, -0.2) is 0 Å². The van der Waals surface area contributed by atoms with E-state index in [1.54, 1.807) is 7.11 Å². The zero-order valence-corrected chi connectivity index (χ0v) is 11.9. The second-order valence-electron chi connectivity index (χ2n) is 5.51. The Balaban J connectivity index is 2.03. The molecule has 2 rings (SSSR count). The van der Waals surface area contributed by atoms with Crippen LogP contribution in [0.5, 0.6) is 5.75 Å². The molecule has 0 aliphatic carbocycles. The van der Waals surface area contributed by atoms with E-state index >= 15 is 0 Å². The molecule has 0 spiro atoms. The Bertz CT molecular complexity index is 427. The standard InChI is InChI=1S/C15H23NO3/c1-11-4-5-14(18-3)12(8-11)13(17)9-16-15(2)6-7-19-10-15/h4-5,8,13,16-17H,6-7,9-10H2,1-3H3. The molecular weight excluding hydrogens is 242 g/mol. The monoisotopic (exact) mass is 265 g/mol. The van der Waals surface area contributed by atoms with Crippen LogP contribution in [0.2, 0.25) is 0 Å². The van der Waals surface area contributed by atoms with Crippen LogP contribution in [-0.4, -0.2) is 37.5 Å². The van der Waals surface area contributed by atoms with Crippen molar-refractivity contribution in [2.24, 2.45) is 0 Å². The van der Waals surface area contributed by atoms with Crippen molar-refractivity contribution in [3.05, 3.63) is 29.3 Å². The predicted octanol–water partition coefficient (Wildman–Crippen LogP) is 1.81. The van der Waals surface area contributed by atoms with Gasteiger partial charge >= 0.3 is 0 Å². The summed E-state index contributed by atoms with van der Waals surface area (Å²) in [6.45, 7) is 6.12. The Morgan fingerprint density at radius 3 is 2.95 bits per heavy atom. The van der Waals surface area contributed by atoms with Gasteiger partial charge in [0.15, 0.2) is 0 Å². The Morgan fingerprint density at radius 1 is 1.53 bits per heavy atom. The molecule has 2 unspecified atom stereocenters. The topological polar surface area (TPSA) is 50.7 Å². The lowest BCUT2D eigenvalue weighted by atomic mass is 10.00. The molecule has 2 atom stereocenters. The molecular formula is C15H23NO3. The van der Waals surface area contributed by atoms with Crippen LogP contribution >= 0.6 is 0 Å². The Kier molecular flexibility index (Phi) is 4.45. The largest absolute Gasteiger partial charge is 0.496 e. The van der Waals surface area contributed by atoms with E-state index in [2.05, 4.69) is 12.2 Å². The van der Waals surface area contributed by atoms with Gasteiger partial charge in [0.1, 0.15) is 5.75 Å². The van der Waals surface area contributed by atoms with Gasteiger partial charge < -0.3 is 19.9 Å². The van der Waals surface area contributed by atoms with Crippen molar-refractivity contribution in [3.63, 3.8) is 0 Å². The summed E-state index contributed by atoms with van der Waals surface area (Å²) < 4.78 is 10.7. The van der Waals surface area contributed by atoms with Crippen LogP contribution < -0.4 is 10.1 Å². The molecule has 4 nitrogen and oxygen atoms in total. The minimum absolute atomic E-state index is 0.0297. The van der Waals surface area contributed by atoms with E-state index in [4.69, 9.17) is 9.47 Å². The molecule has 0 saturated carbocycles. The lowest BCUT2D eigenvalue weighted by Crippen LogP contribution is -2.44. The summed E-state index contributed by atoms with van der Waals surface area (Å²) in [4.78, 5) is 0. The predicted molar refractivity (Wildman–Crippen MR) is 74.5 cm³/mol. The molecule has 4 heteroatoms. The van der Waals surface area contributed by atoms with E-state index in [1.165, 1.54) is 0 Å². The number of ether oxygens (including phenoxy) is 2. The maximum Gasteiger partial charge on any atom is 0.124 e. The van der Waals surface area contributed by atoms with Crippen LogP contribution in [0.15, 0.2) is 18.2 Å². The van der Waals surface area contributed by atoms with Crippen LogP contribution in [0.3, 0.4) is 0 Å². The lowest BCUT2D eigenvalue weighted by Gasteiger charge is -2.26. The van der Waals surface area contributed by atoms with Gasteiger partial charge in [-0.3, -0.25) is 0 Å². The highest BCUT2D eigenvalue weighted by atomic mass is 16.5. The summed E-state index contributed by atoms with van der Waals surface area (Å²) in [7, 11) is 1.63. The van der Waals surface area contributed by atoms with E-state index in [0.717, 1.165) is 29.9 Å². The third-order valence-electron chi connectivity index (χ3n) is 3.69. The van der Waals surface area contributed by atoms with Gasteiger partial charge in [-0.05, 0) is 32.4 Å².